The van der Waals surface area contributed by atoms with Crippen molar-refractivity contribution in [1.29, 1.82) is 0 Å². The molecule has 68 valence electrons. The Morgan fingerprint density at radius 3 is 3.00 bits per heavy atom. The average Bonchev–Trinajstić information content (AvgIpc) is 2.60. The molecule has 0 spiro atoms. The fourth-order valence-electron chi connectivity index (χ4n) is 2.97. The Morgan fingerprint density at radius 2 is 2.15 bits per heavy atom. The SMILES string of the molecule is CC1c2cc[nH]c2C=CC2C(C)C12. The lowest BCUT2D eigenvalue weighted by Crippen LogP contribution is -1.97. The molecule has 2 aliphatic carbocycles. The zero-order valence-corrected chi connectivity index (χ0v) is 8.12. The quantitative estimate of drug-likeness (QED) is 0.620. The largest absolute Gasteiger partial charge is 0.361 e. The summed E-state index contributed by atoms with van der Waals surface area (Å²) >= 11 is 0. The van der Waals surface area contributed by atoms with Crippen LogP contribution in [0.5, 0.6) is 0 Å². The Hall–Kier alpha value is -0.980. The molecule has 0 aliphatic heterocycles. The van der Waals surface area contributed by atoms with E-state index in [1.165, 1.54) is 11.3 Å². The maximum absolute atomic E-state index is 3.30. The van der Waals surface area contributed by atoms with E-state index in [0.29, 0.717) is 0 Å². The lowest BCUT2D eigenvalue weighted by Gasteiger charge is -2.09. The number of hydrogen-bond acceptors (Lipinski definition) is 0. The van der Waals surface area contributed by atoms with Gasteiger partial charge in [0.15, 0.2) is 0 Å². The highest BCUT2D eigenvalue weighted by atomic mass is 14.7. The molecule has 4 atom stereocenters. The fourth-order valence-corrected chi connectivity index (χ4v) is 2.97. The predicted molar refractivity (Wildman–Crippen MR) is 54.4 cm³/mol. The highest BCUT2D eigenvalue weighted by molar-refractivity contribution is 5.54. The Morgan fingerprint density at radius 1 is 1.31 bits per heavy atom. The first-order chi connectivity index (χ1) is 6.29. The molecule has 1 N–H and O–H groups in total. The Kier molecular flexibility index (Phi) is 1.30. The summed E-state index contributed by atoms with van der Waals surface area (Å²) in [6.07, 6.45) is 6.70. The summed E-state index contributed by atoms with van der Waals surface area (Å²) in [5, 5.41) is 0. The zero-order valence-electron chi connectivity index (χ0n) is 8.12. The highest BCUT2D eigenvalue weighted by Crippen LogP contribution is 2.56. The lowest BCUT2D eigenvalue weighted by atomic mass is 9.96. The van der Waals surface area contributed by atoms with Crippen molar-refractivity contribution in [2.24, 2.45) is 17.8 Å². The van der Waals surface area contributed by atoms with E-state index < -0.39 is 0 Å². The maximum Gasteiger partial charge on any atom is 0.0412 e. The highest BCUT2D eigenvalue weighted by Gasteiger charge is 2.49. The van der Waals surface area contributed by atoms with E-state index in [4.69, 9.17) is 0 Å². The molecule has 0 aromatic carbocycles. The normalized spacial score (nSPS) is 40.8. The molecule has 3 rings (SSSR count). The molecule has 1 heteroatoms. The van der Waals surface area contributed by atoms with Gasteiger partial charge in [-0.25, -0.2) is 0 Å². The zero-order chi connectivity index (χ0) is 9.00. The molecule has 2 aliphatic rings. The van der Waals surface area contributed by atoms with Crippen LogP contribution in [0.2, 0.25) is 0 Å². The number of allylic oxidation sites excluding steroid dienone is 1. The fraction of sp³-hybridized carbons (Fsp3) is 0.500. The molecule has 0 bridgehead atoms. The van der Waals surface area contributed by atoms with E-state index in [0.717, 1.165) is 23.7 Å². The minimum Gasteiger partial charge on any atom is -0.361 e. The van der Waals surface area contributed by atoms with Crippen LogP contribution in [0.4, 0.5) is 0 Å². The van der Waals surface area contributed by atoms with Crippen LogP contribution in [0.25, 0.3) is 6.08 Å². The first kappa shape index (κ1) is 7.43. The van der Waals surface area contributed by atoms with Crippen LogP contribution in [-0.2, 0) is 0 Å². The number of rotatable bonds is 0. The van der Waals surface area contributed by atoms with Crippen molar-refractivity contribution < 1.29 is 0 Å². The molecule has 0 saturated heterocycles. The monoisotopic (exact) mass is 173 g/mol. The van der Waals surface area contributed by atoms with Gasteiger partial charge in [0.2, 0.25) is 0 Å². The van der Waals surface area contributed by atoms with Crippen LogP contribution < -0.4 is 0 Å². The molecular weight excluding hydrogens is 158 g/mol. The van der Waals surface area contributed by atoms with Crippen LogP contribution in [0, 0.1) is 17.8 Å². The molecule has 13 heavy (non-hydrogen) atoms. The number of aromatic amines is 1. The number of hydrogen-bond donors (Lipinski definition) is 1. The van der Waals surface area contributed by atoms with Crippen molar-refractivity contribution >= 4 is 6.08 Å². The van der Waals surface area contributed by atoms with E-state index in [9.17, 15) is 0 Å². The van der Waals surface area contributed by atoms with Crippen LogP contribution in [0.15, 0.2) is 18.3 Å². The summed E-state index contributed by atoms with van der Waals surface area (Å²) < 4.78 is 0. The first-order valence-corrected chi connectivity index (χ1v) is 5.14. The van der Waals surface area contributed by atoms with Gasteiger partial charge in [0.05, 0.1) is 0 Å². The maximum atomic E-state index is 3.30. The van der Waals surface area contributed by atoms with Gasteiger partial charge in [-0.05, 0) is 41.4 Å². The molecule has 1 aromatic heterocycles. The molecule has 0 radical (unpaired) electrons. The van der Waals surface area contributed by atoms with E-state index in [1.807, 2.05) is 0 Å². The molecule has 1 nitrogen and oxygen atoms in total. The Labute approximate surface area is 78.9 Å². The first-order valence-electron chi connectivity index (χ1n) is 5.14. The van der Waals surface area contributed by atoms with Crippen LogP contribution >= 0.6 is 0 Å². The second-order valence-electron chi connectivity index (χ2n) is 4.51. The van der Waals surface area contributed by atoms with Gasteiger partial charge in [0.1, 0.15) is 0 Å². The van der Waals surface area contributed by atoms with Crippen molar-refractivity contribution in [3.8, 4) is 0 Å². The molecule has 4 unspecified atom stereocenters. The van der Waals surface area contributed by atoms with Crippen molar-refractivity contribution in [1.82, 2.24) is 4.98 Å². The summed E-state index contributed by atoms with van der Waals surface area (Å²) in [6, 6.07) is 2.23. The molecular formula is C12H15N. The van der Waals surface area contributed by atoms with Gasteiger partial charge in [-0.3, -0.25) is 0 Å². The topological polar surface area (TPSA) is 15.8 Å². The second kappa shape index (κ2) is 2.28. The van der Waals surface area contributed by atoms with Gasteiger partial charge in [-0.15, -0.1) is 0 Å². The molecule has 1 aromatic rings. The predicted octanol–water partition coefficient (Wildman–Crippen LogP) is 3.03. The number of aromatic nitrogens is 1. The lowest BCUT2D eigenvalue weighted by molar-refractivity contribution is 0.611. The Bertz CT molecular complexity index is 361. The van der Waals surface area contributed by atoms with Crippen LogP contribution in [0.1, 0.15) is 31.0 Å². The molecule has 1 saturated carbocycles. The van der Waals surface area contributed by atoms with Gasteiger partial charge in [0, 0.05) is 11.9 Å². The van der Waals surface area contributed by atoms with Crippen molar-refractivity contribution in [2.75, 3.05) is 0 Å². The third kappa shape index (κ3) is 0.874. The summed E-state index contributed by atoms with van der Waals surface area (Å²) in [5.41, 5.74) is 2.83. The van der Waals surface area contributed by atoms with Crippen LogP contribution in [-0.4, -0.2) is 4.98 Å². The van der Waals surface area contributed by atoms with E-state index in [1.54, 1.807) is 0 Å². The van der Waals surface area contributed by atoms with Gasteiger partial charge >= 0.3 is 0 Å². The summed E-state index contributed by atoms with van der Waals surface area (Å²) in [5.74, 6) is 3.37. The standard InChI is InChI=1S/C12H15N/c1-7-9-5-6-13-11(9)4-3-10-8(2)12(7)10/h3-8,10,12-13H,1-2H3. The summed E-state index contributed by atoms with van der Waals surface area (Å²) in [4.78, 5) is 3.30. The van der Waals surface area contributed by atoms with Crippen molar-refractivity contribution in [3.63, 3.8) is 0 Å². The van der Waals surface area contributed by atoms with Crippen molar-refractivity contribution in [2.45, 2.75) is 19.8 Å². The van der Waals surface area contributed by atoms with Gasteiger partial charge in [0.25, 0.3) is 0 Å². The average molecular weight is 173 g/mol. The summed E-state index contributed by atoms with van der Waals surface area (Å²) in [6.45, 7) is 4.73. The van der Waals surface area contributed by atoms with Crippen molar-refractivity contribution in [3.05, 3.63) is 29.6 Å². The molecule has 0 amide bonds. The van der Waals surface area contributed by atoms with Crippen LogP contribution in [0.3, 0.4) is 0 Å². The minimum atomic E-state index is 0.733. The number of nitrogens with one attached hydrogen (secondary N) is 1. The van der Waals surface area contributed by atoms with E-state index in [-0.39, 0.29) is 0 Å². The number of H-pyrrole nitrogens is 1. The molecule has 1 heterocycles. The minimum absolute atomic E-state index is 0.733. The summed E-state index contributed by atoms with van der Waals surface area (Å²) in [7, 11) is 0. The smallest absolute Gasteiger partial charge is 0.0412 e. The van der Waals surface area contributed by atoms with Gasteiger partial charge in [-0.1, -0.05) is 19.9 Å². The van der Waals surface area contributed by atoms with Gasteiger partial charge < -0.3 is 4.98 Å². The Balaban J connectivity index is 2.08. The third-order valence-corrected chi connectivity index (χ3v) is 3.88. The molecule has 1 fully saturated rings. The number of fused-ring (bicyclic) bond motifs is 2. The second-order valence-corrected chi connectivity index (χ2v) is 4.51. The van der Waals surface area contributed by atoms with E-state index in [2.05, 4.69) is 43.2 Å². The third-order valence-electron chi connectivity index (χ3n) is 3.88. The van der Waals surface area contributed by atoms with E-state index >= 15 is 0 Å². The van der Waals surface area contributed by atoms with Gasteiger partial charge in [-0.2, -0.15) is 0 Å².